The Morgan fingerprint density at radius 2 is 2.06 bits per heavy atom. The van der Waals surface area contributed by atoms with E-state index in [0.717, 1.165) is 18.8 Å². The highest BCUT2D eigenvalue weighted by Crippen LogP contribution is 2.22. The molecule has 0 aliphatic carbocycles. The standard InChI is InChI=1S/C14H21FN2O/c1-5-17(11(2)9-16(3)4)14-7-6-13(15)8-12(14)10-18/h6-8,10-11H,5,9H2,1-4H3. The lowest BCUT2D eigenvalue weighted by Gasteiger charge is -2.32. The van der Waals surface area contributed by atoms with Gasteiger partial charge in [0.1, 0.15) is 5.82 Å². The summed E-state index contributed by atoms with van der Waals surface area (Å²) in [7, 11) is 4.02. The van der Waals surface area contributed by atoms with Crippen LogP contribution >= 0.6 is 0 Å². The summed E-state index contributed by atoms with van der Waals surface area (Å²) < 4.78 is 13.1. The molecule has 0 heterocycles. The van der Waals surface area contributed by atoms with E-state index >= 15 is 0 Å². The molecule has 18 heavy (non-hydrogen) atoms. The minimum atomic E-state index is -0.378. The monoisotopic (exact) mass is 252 g/mol. The molecule has 0 radical (unpaired) electrons. The zero-order valence-corrected chi connectivity index (χ0v) is 11.5. The summed E-state index contributed by atoms with van der Waals surface area (Å²) >= 11 is 0. The first kappa shape index (κ1) is 14.6. The lowest BCUT2D eigenvalue weighted by Crippen LogP contribution is -2.40. The van der Waals surface area contributed by atoms with Gasteiger partial charge in [-0.25, -0.2) is 4.39 Å². The van der Waals surface area contributed by atoms with E-state index in [4.69, 9.17) is 0 Å². The van der Waals surface area contributed by atoms with E-state index in [2.05, 4.69) is 16.7 Å². The quantitative estimate of drug-likeness (QED) is 0.726. The Hall–Kier alpha value is -1.42. The molecule has 4 heteroatoms. The molecule has 0 aliphatic heterocycles. The summed E-state index contributed by atoms with van der Waals surface area (Å²) in [5.41, 5.74) is 1.20. The minimum absolute atomic E-state index is 0.258. The molecular formula is C14H21FN2O. The summed E-state index contributed by atoms with van der Waals surface area (Å²) in [6.07, 6.45) is 0.712. The summed E-state index contributed by atoms with van der Waals surface area (Å²) in [6.45, 7) is 5.79. The van der Waals surface area contributed by atoms with Crippen molar-refractivity contribution in [2.24, 2.45) is 0 Å². The number of carbonyl (C=O) groups excluding carboxylic acids is 1. The number of hydrogen-bond donors (Lipinski definition) is 0. The highest BCUT2D eigenvalue weighted by atomic mass is 19.1. The molecule has 1 rings (SSSR count). The van der Waals surface area contributed by atoms with Gasteiger partial charge in [-0.2, -0.15) is 0 Å². The summed E-state index contributed by atoms with van der Waals surface area (Å²) in [6, 6.07) is 4.62. The Morgan fingerprint density at radius 1 is 1.39 bits per heavy atom. The molecule has 3 nitrogen and oxygen atoms in total. The number of nitrogens with zero attached hydrogens (tertiary/aromatic N) is 2. The van der Waals surface area contributed by atoms with E-state index < -0.39 is 0 Å². The van der Waals surface area contributed by atoms with E-state index in [1.54, 1.807) is 6.07 Å². The highest BCUT2D eigenvalue weighted by Gasteiger charge is 2.16. The number of halogens is 1. The van der Waals surface area contributed by atoms with Gasteiger partial charge >= 0.3 is 0 Å². The summed E-state index contributed by atoms with van der Waals surface area (Å²) in [5.74, 6) is -0.378. The van der Waals surface area contributed by atoms with Crippen LogP contribution in [-0.4, -0.2) is 44.4 Å². The molecule has 1 aromatic rings. The van der Waals surface area contributed by atoms with Crippen LogP contribution < -0.4 is 4.90 Å². The third-order valence-corrected chi connectivity index (χ3v) is 2.93. The van der Waals surface area contributed by atoms with Crippen molar-refractivity contribution >= 4 is 12.0 Å². The third kappa shape index (κ3) is 3.53. The maximum atomic E-state index is 13.1. The molecule has 1 atom stereocenters. The van der Waals surface area contributed by atoms with Crippen LogP contribution in [0.4, 0.5) is 10.1 Å². The number of carbonyl (C=O) groups is 1. The molecule has 0 aromatic heterocycles. The van der Waals surface area contributed by atoms with Gasteiger partial charge in [0.05, 0.1) is 0 Å². The second-order valence-corrected chi connectivity index (χ2v) is 4.72. The SMILES string of the molecule is CCN(c1ccc(F)cc1C=O)C(C)CN(C)C. The van der Waals surface area contributed by atoms with Crippen molar-refractivity contribution in [2.45, 2.75) is 19.9 Å². The summed E-state index contributed by atoms with van der Waals surface area (Å²) in [5, 5.41) is 0. The number of hydrogen-bond acceptors (Lipinski definition) is 3. The van der Waals surface area contributed by atoms with Crippen LogP contribution in [0, 0.1) is 5.82 Å². The van der Waals surface area contributed by atoms with Crippen LogP contribution in [0.15, 0.2) is 18.2 Å². The molecule has 0 spiro atoms. The zero-order valence-electron chi connectivity index (χ0n) is 11.5. The van der Waals surface area contributed by atoms with E-state index in [1.165, 1.54) is 12.1 Å². The van der Waals surface area contributed by atoms with Gasteiger partial charge in [0.25, 0.3) is 0 Å². The summed E-state index contributed by atoms with van der Waals surface area (Å²) in [4.78, 5) is 15.2. The fourth-order valence-electron chi connectivity index (χ4n) is 2.23. The van der Waals surface area contributed by atoms with Gasteiger partial charge in [-0.1, -0.05) is 0 Å². The largest absolute Gasteiger partial charge is 0.367 e. The maximum absolute atomic E-state index is 13.1. The second kappa shape index (κ2) is 6.50. The van der Waals surface area contributed by atoms with Gasteiger partial charge in [0.2, 0.25) is 0 Å². The molecule has 0 amide bonds. The number of anilines is 1. The predicted molar refractivity (Wildman–Crippen MR) is 72.8 cm³/mol. The first-order chi connectivity index (χ1) is 8.49. The van der Waals surface area contributed by atoms with Crippen LogP contribution in [0.5, 0.6) is 0 Å². The normalized spacial score (nSPS) is 12.6. The molecule has 1 aromatic carbocycles. The smallest absolute Gasteiger partial charge is 0.152 e. The Labute approximate surface area is 108 Å². The molecule has 0 aliphatic rings. The number of aldehydes is 1. The molecule has 0 saturated heterocycles. The number of benzene rings is 1. The first-order valence-corrected chi connectivity index (χ1v) is 6.15. The molecule has 0 bridgehead atoms. The van der Waals surface area contributed by atoms with Crippen molar-refractivity contribution in [1.82, 2.24) is 4.90 Å². The van der Waals surface area contributed by atoms with Crippen LogP contribution in [0.3, 0.4) is 0 Å². The van der Waals surface area contributed by atoms with E-state index in [9.17, 15) is 9.18 Å². The Morgan fingerprint density at radius 3 is 2.56 bits per heavy atom. The van der Waals surface area contributed by atoms with Crippen molar-refractivity contribution in [2.75, 3.05) is 32.1 Å². The van der Waals surface area contributed by atoms with Crippen molar-refractivity contribution in [3.05, 3.63) is 29.6 Å². The molecule has 0 fully saturated rings. The van der Waals surface area contributed by atoms with Crippen molar-refractivity contribution < 1.29 is 9.18 Å². The Bertz CT molecular complexity index is 407. The topological polar surface area (TPSA) is 23.6 Å². The van der Waals surface area contributed by atoms with Crippen LogP contribution in [0.25, 0.3) is 0 Å². The maximum Gasteiger partial charge on any atom is 0.152 e. The molecule has 100 valence electrons. The van der Waals surface area contributed by atoms with Crippen molar-refractivity contribution in [3.8, 4) is 0 Å². The third-order valence-electron chi connectivity index (χ3n) is 2.93. The number of likely N-dealkylation sites (N-methyl/N-ethyl adjacent to an activating group) is 2. The fourth-order valence-corrected chi connectivity index (χ4v) is 2.23. The Kier molecular flexibility index (Phi) is 5.28. The van der Waals surface area contributed by atoms with Crippen LogP contribution in [0.2, 0.25) is 0 Å². The average molecular weight is 252 g/mol. The lowest BCUT2D eigenvalue weighted by atomic mass is 10.1. The molecule has 1 unspecified atom stereocenters. The van der Waals surface area contributed by atoms with E-state index in [-0.39, 0.29) is 11.9 Å². The fraction of sp³-hybridized carbons (Fsp3) is 0.500. The lowest BCUT2D eigenvalue weighted by molar-refractivity contribution is 0.112. The van der Waals surface area contributed by atoms with Gasteiger partial charge in [-0.15, -0.1) is 0 Å². The average Bonchev–Trinajstić information content (AvgIpc) is 2.30. The van der Waals surface area contributed by atoms with Gasteiger partial charge in [-0.05, 0) is 46.1 Å². The number of rotatable bonds is 6. The van der Waals surface area contributed by atoms with Gasteiger partial charge < -0.3 is 9.80 Å². The minimum Gasteiger partial charge on any atom is -0.367 e. The van der Waals surface area contributed by atoms with E-state index in [0.29, 0.717) is 11.8 Å². The van der Waals surface area contributed by atoms with Crippen molar-refractivity contribution in [3.63, 3.8) is 0 Å². The van der Waals surface area contributed by atoms with Crippen molar-refractivity contribution in [1.29, 1.82) is 0 Å². The highest BCUT2D eigenvalue weighted by molar-refractivity contribution is 5.84. The Balaban J connectivity index is 3.04. The van der Waals surface area contributed by atoms with Crippen LogP contribution in [0.1, 0.15) is 24.2 Å². The predicted octanol–water partition coefficient (Wildman–Crippen LogP) is 2.41. The van der Waals surface area contributed by atoms with Gasteiger partial charge in [-0.3, -0.25) is 4.79 Å². The molecule has 0 saturated carbocycles. The second-order valence-electron chi connectivity index (χ2n) is 4.72. The van der Waals surface area contributed by atoms with E-state index in [1.807, 2.05) is 21.0 Å². The zero-order chi connectivity index (χ0) is 13.7. The van der Waals surface area contributed by atoms with Gasteiger partial charge in [0.15, 0.2) is 6.29 Å². The molecule has 0 N–H and O–H groups in total. The molecular weight excluding hydrogens is 231 g/mol. The first-order valence-electron chi connectivity index (χ1n) is 6.15. The van der Waals surface area contributed by atoms with Gasteiger partial charge in [0, 0.05) is 30.4 Å². The van der Waals surface area contributed by atoms with Crippen LogP contribution in [-0.2, 0) is 0 Å².